The molecule has 24 heavy (non-hydrogen) atoms. The van der Waals surface area contributed by atoms with Gasteiger partial charge in [-0.15, -0.1) is 0 Å². The zero-order valence-corrected chi connectivity index (χ0v) is 15.5. The molecular formula is C18H35N5O. The number of piperidine rings is 2. The van der Waals surface area contributed by atoms with E-state index >= 15 is 0 Å². The Labute approximate surface area is 146 Å². The number of amides is 1. The highest BCUT2D eigenvalue weighted by atomic mass is 16.1. The standard InChI is InChI=1S/C18H35N5O/c1-15(13-22-8-4-3-5-9-22)12-21-18(20-2)23-10-6-7-16(14-23)11-17(19)24/h15-16H,3-14H2,1-2H3,(H2,19,24)(H,20,21). The number of aliphatic imine (C=N–C) groups is 1. The van der Waals surface area contributed by atoms with Crippen LogP contribution < -0.4 is 11.1 Å². The van der Waals surface area contributed by atoms with Gasteiger partial charge in [-0.1, -0.05) is 13.3 Å². The van der Waals surface area contributed by atoms with Crippen molar-refractivity contribution < 1.29 is 4.79 Å². The van der Waals surface area contributed by atoms with Gasteiger partial charge in [0.1, 0.15) is 0 Å². The lowest BCUT2D eigenvalue weighted by Gasteiger charge is -2.35. The van der Waals surface area contributed by atoms with E-state index in [1.165, 1.54) is 32.4 Å². The van der Waals surface area contributed by atoms with Crippen LogP contribution in [0.5, 0.6) is 0 Å². The summed E-state index contributed by atoms with van der Waals surface area (Å²) >= 11 is 0. The summed E-state index contributed by atoms with van der Waals surface area (Å²) in [6, 6.07) is 0. The molecular weight excluding hydrogens is 302 g/mol. The second-order valence-electron chi connectivity index (χ2n) is 7.52. The van der Waals surface area contributed by atoms with E-state index in [-0.39, 0.29) is 5.91 Å². The molecule has 0 bridgehead atoms. The van der Waals surface area contributed by atoms with Crippen LogP contribution in [0.3, 0.4) is 0 Å². The van der Waals surface area contributed by atoms with E-state index in [1.54, 1.807) is 0 Å². The molecule has 6 nitrogen and oxygen atoms in total. The van der Waals surface area contributed by atoms with Crippen LogP contribution in [0.15, 0.2) is 4.99 Å². The van der Waals surface area contributed by atoms with E-state index in [2.05, 4.69) is 27.0 Å². The zero-order chi connectivity index (χ0) is 17.4. The number of nitrogens with two attached hydrogens (primary N) is 1. The number of rotatable bonds is 6. The van der Waals surface area contributed by atoms with Gasteiger partial charge in [0.25, 0.3) is 0 Å². The van der Waals surface area contributed by atoms with Crippen molar-refractivity contribution in [2.24, 2.45) is 22.6 Å². The summed E-state index contributed by atoms with van der Waals surface area (Å²) in [6.07, 6.45) is 6.74. The van der Waals surface area contributed by atoms with Crippen molar-refractivity contribution in [3.05, 3.63) is 0 Å². The van der Waals surface area contributed by atoms with Gasteiger partial charge >= 0.3 is 0 Å². The minimum Gasteiger partial charge on any atom is -0.370 e. The fourth-order valence-corrected chi connectivity index (χ4v) is 3.95. The maximum absolute atomic E-state index is 11.2. The van der Waals surface area contributed by atoms with Gasteiger partial charge in [-0.25, -0.2) is 0 Å². The van der Waals surface area contributed by atoms with Crippen LogP contribution in [0.25, 0.3) is 0 Å². The molecule has 2 unspecified atom stereocenters. The minimum absolute atomic E-state index is 0.194. The molecule has 2 rings (SSSR count). The second-order valence-corrected chi connectivity index (χ2v) is 7.52. The summed E-state index contributed by atoms with van der Waals surface area (Å²) < 4.78 is 0. The van der Waals surface area contributed by atoms with E-state index in [9.17, 15) is 4.79 Å². The molecule has 2 atom stereocenters. The lowest BCUT2D eigenvalue weighted by atomic mass is 9.95. The third-order valence-corrected chi connectivity index (χ3v) is 5.15. The average molecular weight is 338 g/mol. The first kappa shape index (κ1) is 19.0. The Hall–Kier alpha value is -1.30. The Balaban J connectivity index is 1.75. The molecule has 2 saturated heterocycles. The molecule has 0 saturated carbocycles. The largest absolute Gasteiger partial charge is 0.370 e. The molecule has 0 aliphatic carbocycles. The van der Waals surface area contributed by atoms with Gasteiger partial charge in [0.15, 0.2) is 5.96 Å². The van der Waals surface area contributed by atoms with Gasteiger partial charge in [0, 0.05) is 39.6 Å². The highest BCUT2D eigenvalue weighted by Crippen LogP contribution is 2.19. The van der Waals surface area contributed by atoms with Gasteiger partial charge in [0.2, 0.25) is 5.91 Å². The molecule has 3 N–H and O–H groups in total. The summed E-state index contributed by atoms with van der Waals surface area (Å²) in [5, 5.41) is 3.54. The van der Waals surface area contributed by atoms with Gasteiger partial charge in [-0.2, -0.15) is 0 Å². The predicted molar refractivity (Wildman–Crippen MR) is 98.9 cm³/mol. The van der Waals surface area contributed by atoms with Crippen LogP contribution in [0, 0.1) is 11.8 Å². The van der Waals surface area contributed by atoms with Crippen molar-refractivity contribution in [1.82, 2.24) is 15.1 Å². The fraction of sp³-hybridized carbons (Fsp3) is 0.889. The molecule has 0 aromatic heterocycles. The summed E-state index contributed by atoms with van der Waals surface area (Å²) in [5.41, 5.74) is 5.36. The van der Waals surface area contributed by atoms with E-state index in [1.807, 2.05) is 7.05 Å². The molecule has 0 aromatic carbocycles. The molecule has 0 radical (unpaired) electrons. The van der Waals surface area contributed by atoms with Crippen molar-refractivity contribution in [1.29, 1.82) is 0 Å². The zero-order valence-electron chi connectivity index (χ0n) is 15.5. The van der Waals surface area contributed by atoms with Crippen LogP contribution in [-0.2, 0) is 4.79 Å². The smallest absolute Gasteiger partial charge is 0.217 e. The Kier molecular flexibility index (Phi) is 7.82. The quantitative estimate of drug-likeness (QED) is 0.565. The molecule has 2 fully saturated rings. The third-order valence-electron chi connectivity index (χ3n) is 5.15. The van der Waals surface area contributed by atoms with Crippen molar-refractivity contribution in [3.8, 4) is 0 Å². The lowest BCUT2D eigenvalue weighted by Crippen LogP contribution is -2.48. The van der Waals surface area contributed by atoms with E-state index in [0.29, 0.717) is 18.3 Å². The van der Waals surface area contributed by atoms with Crippen molar-refractivity contribution in [3.63, 3.8) is 0 Å². The Morgan fingerprint density at radius 2 is 2.00 bits per heavy atom. The van der Waals surface area contributed by atoms with Crippen LogP contribution in [0.2, 0.25) is 0 Å². The molecule has 0 aromatic rings. The molecule has 6 heteroatoms. The monoisotopic (exact) mass is 337 g/mol. The van der Waals surface area contributed by atoms with Crippen LogP contribution >= 0.6 is 0 Å². The number of hydrogen-bond acceptors (Lipinski definition) is 3. The van der Waals surface area contributed by atoms with Crippen molar-refractivity contribution >= 4 is 11.9 Å². The number of nitrogens with zero attached hydrogens (tertiary/aromatic N) is 3. The van der Waals surface area contributed by atoms with Crippen LogP contribution in [0.1, 0.15) is 45.4 Å². The minimum atomic E-state index is -0.194. The van der Waals surface area contributed by atoms with E-state index in [4.69, 9.17) is 5.73 Å². The fourth-order valence-electron chi connectivity index (χ4n) is 3.95. The van der Waals surface area contributed by atoms with Crippen LogP contribution in [-0.4, -0.2) is 68.0 Å². The number of carbonyl (C=O) groups excluding carboxylic acids is 1. The summed E-state index contributed by atoms with van der Waals surface area (Å²) in [4.78, 5) is 20.5. The van der Waals surface area contributed by atoms with Gasteiger partial charge < -0.3 is 20.9 Å². The maximum Gasteiger partial charge on any atom is 0.217 e. The second kappa shape index (κ2) is 9.87. The first-order valence-electron chi connectivity index (χ1n) is 9.54. The Morgan fingerprint density at radius 1 is 1.25 bits per heavy atom. The lowest BCUT2D eigenvalue weighted by molar-refractivity contribution is -0.119. The Bertz CT molecular complexity index is 420. The number of guanidine groups is 1. The molecule has 2 heterocycles. The number of nitrogens with one attached hydrogen (secondary N) is 1. The third kappa shape index (κ3) is 6.30. The first-order chi connectivity index (χ1) is 11.6. The average Bonchev–Trinajstić information content (AvgIpc) is 2.56. The summed E-state index contributed by atoms with van der Waals surface area (Å²) in [5.74, 6) is 1.74. The van der Waals surface area contributed by atoms with E-state index in [0.717, 1.165) is 45.0 Å². The number of likely N-dealkylation sites (tertiary alicyclic amines) is 2. The number of primary amides is 1. The van der Waals surface area contributed by atoms with Gasteiger partial charge in [-0.05, 0) is 50.6 Å². The predicted octanol–water partition coefficient (Wildman–Crippen LogP) is 1.27. The summed E-state index contributed by atoms with van der Waals surface area (Å²) in [6.45, 7) is 8.80. The van der Waals surface area contributed by atoms with E-state index < -0.39 is 0 Å². The number of carbonyl (C=O) groups is 1. The maximum atomic E-state index is 11.2. The molecule has 0 spiro atoms. The highest BCUT2D eigenvalue weighted by Gasteiger charge is 2.24. The Morgan fingerprint density at radius 3 is 2.67 bits per heavy atom. The topological polar surface area (TPSA) is 74.0 Å². The highest BCUT2D eigenvalue weighted by molar-refractivity contribution is 5.80. The van der Waals surface area contributed by atoms with Gasteiger partial charge in [-0.3, -0.25) is 9.79 Å². The van der Waals surface area contributed by atoms with Gasteiger partial charge in [0.05, 0.1) is 0 Å². The molecule has 2 aliphatic rings. The molecule has 138 valence electrons. The van der Waals surface area contributed by atoms with Crippen LogP contribution in [0.4, 0.5) is 0 Å². The first-order valence-corrected chi connectivity index (χ1v) is 9.54. The van der Waals surface area contributed by atoms with Crippen molar-refractivity contribution in [2.45, 2.75) is 45.4 Å². The summed E-state index contributed by atoms with van der Waals surface area (Å²) in [7, 11) is 1.84. The molecule has 2 aliphatic heterocycles. The number of hydrogen-bond donors (Lipinski definition) is 2. The van der Waals surface area contributed by atoms with Crippen molar-refractivity contribution in [2.75, 3.05) is 46.3 Å². The normalized spacial score (nSPS) is 24.7. The molecule has 1 amide bonds. The SMILES string of the molecule is CN=C(NCC(C)CN1CCCCC1)N1CCCC(CC(N)=O)C1.